The molecule has 9 nitrogen and oxygen atoms in total. The number of aliphatic hydroxyl groups is 1. The lowest BCUT2D eigenvalue weighted by molar-refractivity contribution is -0.116. The third-order valence-corrected chi connectivity index (χ3v) is 3.27. The summed E-state index contributed by atoms with van der Waals surface area (Å²) in [6, 6.07) is 7.20. The number of nitrogens with zero attached hydrogens (tertiary/aromatic N) is 3. The number of hydrogen-bond acceptors (Lipinski definition) is 9. The first-order valence-corrected chi connectivity index (χ1v) is 6.66. The van der Waals surface area contributed by atoms with Crippen molar-refractivity contribution in [2.45, 2.75) is 5.79 Å². The van der Waals surface area contributed by atoms with Crippen molar-refractivity contribution in [3.63, 3.8) is 0 Å². The molecule has 1 aliphatic heterocycles. The summed E-state index contributed by atoms with van der Waals surface area (Å²) in [6.07, 6.45) is 0. The highest BCUT2D eigenvalue weighted by molar-refractivity contribution is 5.98. The van der Waals surface area contributed by atoms with E-state index in [-0.39, 0.29) is 34.6 Å². The zero-order valence-electron chi connectivity index (χ0n) is 12.6. The minimum absolute atomic E-state index is 0.0117. The molecule has 0 fully saturated rings. The van der Waals surface area contributed by atoms with Gasteiger partial charge < -0.3 is 24.1 Å². The smallest absolute Gasteiger partial charge is 0.346 e. The first-order valence-electron chi connectivity index (χ1n) is 6.66. The van der Waals surface area contributed by atoms with Crippen LogP contribution >= 0.6 is 0 Å². The number of benzene rings is 1. The number of rotatable bonds is 4. The predicted octanol–water partition coefficient (Wildman–Crippen LogP) is 1.13. The molecule has 1 aliphatic rings. The molecule has 1 N–H and O–H groups in total. The van der Waals surface area contributed by atoms with Gasteiger partial charge >= 0.3 is 17.8 Å². The van der Waals surface area contributed by atoms with Crippen LogP contribution in [0.25, 0.3) is 0 Å². The molecule has 0 saturated heterocycles. The lowest BCUT2D eigenvalue weighted by Crippen LogP contribution is -2.22. The molecular formula is C15H11N3O6. The Labute approximate surface area is 136 Å². The van der Waals surface area contributed by atoms with Gasteiger partial charge in [0.2, 0.25) is 11.8 Å². The van der Waals surface area contributed by atoms with Crippen molar-refractivity contribution >= 4 is 5.97 Å². The first kappa shape index (κ1) is 15.5. The Morgan fingerprint density at radius 1 is 1.25 bits per heavy atom. The molecule has 9 heteroatoms. The SMILES string of the molecule is COc1cc(OC)nc(Oc2cccc3c2C(=O)OC3(O)C#N)n1. The van der Waals surface area contributed by atoms with Crippen LogP contribution in [0.3, 0.4) is 0 Å². The van der Waals surface area contributed by atoms with E-state index in [0.29, 0.717) is 0 Å². The molecule has 0 radical (unpaired) electrons. The minimum Gasteiger partial charge on any atom is -0.481 e. The molecule has 1 atom stereocenters. The fraction of sp³-hybridized carbons (Fsp3) is 0.200. The topological polar surface area (TPSA) is 124 Å². The van der Waals surface area contributed by atoms with Crippen molar-refractivity contribution in [1.82, 2.24) is 9.97 Å². The predicted molar refractivity (Wildman–Crippen MR) is 76.6 cm³/mol. The van der Waals surface area contributed by atoms with Gasteiger partial charge in [0.1, 0.15) is 17.4 Å². The van der Waals surface area contributed by atoms with E-state index in [1.54, 1.807) is 6.07 Å². The average Bonchev–Trinajstić information content (AvgIpc) is 2.87. The van der Waals surface area contributed by atoms with Crippen LogP contribution in [0.15, 0.2) is 24.3 Å². The average molecular weight is 329 g/mol. The molecule has 0 saturated carbocycles. The molecular weight excluding hydrogens is 318 g/mol. The number of cyclic esters (lactones) is 1. The summed E-state index contributed by atoms with van der Waals surface area (Å²) in [6.45, 7) is 0. The number of methoxy groups -OCH3 is 2. The number of fused-ring (bicyclic) bond motifs is 1. The van der Waals surface area contributed by atoms with Crippen LogP contribution in [0.2, 0.25) is 0 Å². The molecule has 1 aromatic carbocycles. The second-order valence-corrected chi connectivity index (χ2v) is 4.66. The number of carbonyl (C=O) groups excluding carboxylic acids is 1. The quantitative estimate of drug-likeness (QED) is 0.649. The van der Waals surface area contributed by atoms with E-state index >= 15 is 0 Å². The van der Waals surface area contributed by atoms with Crippen molar-refractivity contribution in [1.29, 1.82) is 5.26 Å². The van der Waals surface area contributed by atoms with E-state index in [2.05, 4.69) is 9.97 Å². The summed E-state index contributed by atoms with van der Waals surface area (Å²) < 4.78 is 20.3. The van der Waals surface area contributed by atoms with Crippen molar-refractivity contribution in [3.8, 4) is 29.6 Å². The van der Waals surface area contributed by atoms with Crippen molar-refractivity contribution < 1.29 is 28.8 Å². The number of nitriles is 1. The van der Waals surface area contributed by atoms with Crippen LogP contribution in [0, 0.1) is 11.3 Å². The van der Waals surface area contributed by atoms with E-state index in [1.165, 1.54) is 38.5 Å². The Morgan fingerprint density at radius 3 is 2.50 bits per heavy atom. The van der Waals surface area contributed by atoms with E-state index in [4.69, 9.17) is 24.2 Å². The van der Waals surface area contributed by atoms with Gasteiger partial charge in [0, 0.05) is 0 Å². The summed E-state index contributed by atoms with van der Waals surface area (Å²) >= 11 is 0. The lowest BCUT2D eigenvalue weighted by atomic mass is 10.0. The molecule has 1 unspecified atom stereocenters. The summed E-state index contributed by atoms with van der Waals surface area (Å²) in [4.78, 5) is 20.0. The van der Waals surface area contributed by atoms with Gasteiger partial charge in [-0.25, -0.2) is 4.79 Å². The van der Waals surface area contributed by atoms with E-state index in [9.17, 15) is 9.90 Å². The maximum Gasteiger partial charge on any atom is 0.346 e. The highest BCUT2D eigenvalue weighted by Crippen LogP contribution is 2.40. The van der Waals surface area contributed by atoms with E-state index in [0.717, 1.165) is 0 Å². The number of esters is 1. The number of ether oxygens (including phenoxy) is 4. The highest BCUT2D eigenvalue weighted by atomic mass is 16.7. The van der Waals surface area contributed by atoms with Crippen LogP contribution in [0.4, 0.5) is 0 Å². The molecule has 0 aliphatic carbocycles. The Hall–Kier alpha value is -3.38. The Balaban J connectivity index is 2.05. The molecule has 122 valence electrons. The standard InChI is InChI=1S/C15H11N3O6/c1-21-10-6-11(22-2)18-14(17-10)23-9-5-3-4-8-12(9)13(19)24-15(8,20)7-16/h3-6,20H,1-2H3. The van der Waals surface area contributed by atoms with Gasteiger partial charge in [-0.3, -0.25) is 0 Å². The van der Waals surface area contributed by atoms with Crippen LogP contribution in [0.1, 0.15) is 15.9 Å². The third kappa shape index (κ3) is 2.45. The number of aromatic nitrogens is 2. The molecule has 1 aromatic heterocycles. The van der Waals surface area contributed by atoms with Gasteiger partial charge in [0.05, 0.1) is 25.8 Å². The second-order valence-electron chi connectivity index (χ2n) is 4.66. The van der Waals surface area contributed by atoms with E-state index < -0.39 is 11.8 Å². The summed E-state index contributed by atoms with van der Waals surface area (Å²) in [5.41, 5.74) is -0.0886. The van der Waals surface area contributed by atoms with Gasteiger partial charge in [-0.2, -0.15) is 15.2 Å². The van der Waals surface area contributed by atoms with Gasteiger partial charge in [-0.05, 0) is 6.07 Å². The second kappa shape index (κ2) is 5.68. The van der Waals surface area contributed by atoms with Gasteiger partial charge in [-0.1, -0.05) is 12.1 Å². The highest BCUT2D eigenvalue weighted by Gasteiger charge is 2.46. The molecule has 0 amide bonds. The summed E-state index contributed by atoms with van der Waals surface area (Å²) in [7, 11) is 2.83. The van der Waals surface area contributed by atoms with E-state index in [1.807, 2.05) is 0 Å². The Kier molecular flexibility index (Phi) is 3.67. The fourth-order valence-electron chi connectivity index (χ4n) is 2.17. The van der Waals surface area contributed by atoms with Crippen LogP contribution < -0.4 is 14.2 Å². The van der Waals surface area contributed by atoms with Crippen LogP contribution in [-0.2, 0) is 10.5 Å². The monoisotopic (exact) mass is 329 g/mol. The minimum atomic E-state index is -2.35. The molecule has 24 heavy (non-hydrogen) atoms. The molecule has 2 heterocycles. The van der Waals surface area contributed by atoms with Crippen LogP contribution in [0.5, 0.6) is 23.5 Å². The molecule has 0 spiro atoms. The maximum atomic E-state index is 12.0. The Bertz CT molecular complexity index is 841. The normalized spacial score (nSPS) is 18.3. The first-order chi connectivity index (χ1) is 11.5. The maximum absolute atomic E-state index is 12.0. The van der Waals surface area contributed by atoms with Crippen molar-refractivity contribution in [2.75, 3.05) is 14.2 Å². The largest absolute Gasteiger partial charge is 0.481 e. The number of hydrogen-bond donors (Lipinski definition) is 1. The molecule has 3 rings (SSSR count). The lowest BCUT2D eigenvalue weighted by Gasteiger charge is -2.12. The summed E-state index contributed by atoms with van der Waals surface area (Å²) in [5.74, 6) is -2.82. The van der Waals surface area contributed by atoms with Gasteiger partial charge in [-0.15, -0.1) is 0 Å². The Morgan fingerprint density at radius 2 is 1.92 bits per heavy atom. The van der Waals surface area contributed by atoms with Gasteiger partial charge in [0.25, 0.3) is 0 Å². The summed E-state index contributed by atoms with van der Waals surface area (Å²) in [5, 5.41) is 19.1. The third-order valence-electron chi connectivity index (χ3n) is 3.27. The fourth-order valence-corrected chi connectivity index (χ4v) is 2.17. The molecule has 0 bridgehead atoms. The molecule has 2 aromatic rings. The number of carbonyl (C=O) groups is 1. The van der Waals surface area contributed by atoms with Crippen molar-refractivity contribution in [3.05, 3.63) is 35.4 Å². The zero-order valence-corrected chi connectivity index (χ0v) is 12.6. The van der Waals surface area contributed by atoms with Gasteiger partial charge in [0.15, 0.2) is 0 Å². The zero-order chi connectivity index (χ0) is 17.3. The van der Waals surface area contributed by atoms with Crippen molar-refractivity contribution in [2.24, 2.45) is 0 Å². The van der Waals surface area contributed by atoms with Crippen LogP contribution in [-0.4, -0.2) is 35.3 Å².